The molecule has 0 saturated heterocycles. The predicted octanol–water partition coefficient (Wildman–Crippen LogP) is 0.0932. The SMILES string of the molecule is CC(C)(C)N[C@@H](CCC(=O)O)C(N)=O. The summed E-state index contributed by atoms with van der Waals surface area (Å²) in [5.74, 6) is -1.44. The highest BCUT2D eigenvalue weighted by atomic mass is 16.4. The smallest absolute Gasteiger partial charge is 0.303 e. The van der Waals surface area contributed by atoms with Gasteiger partial charge in [-0.2, -0.15) is 0 Å². The molecule has 0 spiro atoms. The van der Waals surface area contributed by atoms with Gasteiger partial charge in [0, 0.05) is 12.0 Å². The summed E-state index contributed by atoms with van der Waals surface area (Å²) in [7, 11) is 0. The van der Waals surface area contributed by atoms with Crippen LogP contribution in [0, 0.1) is 0 Å². The Morgan fingerprint density at radius 3 is 2.21 bits per heavy atom. The van der Waals surface area contributed by atoms with E-state index in [-0.39, 0.29) is 18.4 Å². The number of aliphatic carboxylic acids is 1. The molecule has 0 aliphatic rings. The molecule has 0 unspecified atom stereocenters. The zero-order valence-electron chi connectivity index (χ0n) is 8.83. The second kappa shape index (κ2) is 4.95. The lowest BCUT2D eigenvalue weighted by Crippen LogP contribution is -2.50. The van der Waals surface area contributed by atoms with Gasteiger partial charge in [0.1, 0.15) is 0 Å². The van der Waals surface area contributed by atoms with E-state index in [1.54, 1.807) is 0 Å². The second-order valence-electron chi connectivity index (χ2n) is 4.28. The number of carboxylic acids is 1. The van der Waals surface area contributed by atoms with Crippen molar-refractivity contribution in [2.75, 3.05) is 0 Å². The fourth-order valence-corrected chi connectivity index (χ4v) is 1.08. The van der Waals surface area contributed by atoms with Crippen LogP contribution in [-0.2, 0) is 9.59 Å². The third-order valence-electron chi connectivity index (χ3n) is 1.60. The fourth-order valence-electron chi connectivity index (χ4n) is 1.08. The highest BCUT2D eigenvalue weighted by Crippen LogP contribution is 2.05. The Hall–Kier alpha value is -1.10. The highest BCUT2D eigenvalue weighted by Gasteiger charge is 2.22. The molecular weight excluding hydrogens is 184 g/mol. The molecule has 0 aromatic carbocycles. The molecule has 0 rings (SSSR count). The van der Waals surface area contributed by atoms with Gasteiger partial charge in [-0.05, 0) is 27.2 Å². The Morgan fingerprint density at radius 2 is 1.93 bits per heavy atom. The summed E-state index contributed by atoms with van der Waals surface area (Å²) in [6, 6.07) is -0.578. The van der Waals surface area contributed by atoms with Crippen LogP contribution in [0.4, 0.5) is 0 Å². The number of amides is 1. The van der Waals surface area contributed by atoms with Crippen molar-refractivity contribution >= 4 is 11.9 Å². The van der Waals surface area contributed by atoms with Gasteiger partial charge < -0.3 is 16.2 Å². The van der Waals surface area contributed by atoms with Gasteiger partial charge in [0.25, 0.3) is 0 Å². The lowest BCUT2D eigenvalue weighted by Gasteiger charge is -2.26. The van der Waals surface area contributed by atoms with Crippen LogP contribution in [0.1, 0.15) is 33.6 Å². The monoisotopic (exact) mass is 202 g/mol. The minimum absolute atomic E-state index is 0.0588. The average molecular weight is 202 g/mol. The molecule has 0 bridgehead atoms. The summed E-state index contributed by atoms with van der Waals surface area (Å²) in [4.78, 5) is 21.3. The zero-order valence-corrected chi connectivity index (χ0v) is 8.83. The van der Waals surface area contributed by atoms with Crippen molar-refractivity contribution in [2.24, 2.45) is 5.73 Å². The molecule has 5 heteroatoms. The van der Waals surface area contributed by atoms with E-state index in [4.69, 9.17) is 10.8 Å². The van der Waals surface area contributed by atoms with E-state index in [0.29, 0.717) is 0 Å². The van der Waals surface area contributed by atoms with Crippen molar-refractivity contribution < 1.29 is 14.7 Å². The lowest BCUT2D eigenvalue weighted by atomic mass is 10.0. The van der Waals surface area contributed by atoms with Crippen LogP contribution >= 0.6 is 0 Å². The molecule has 0 aromatic rings. The molecule has 0 heterocycles. The van der Waals surface area contributed by atoms with E-state index in [1.165, 1.54) is 0 Å². The van der Waals surface area contributed by atoms with Crippen molar-refractivity contribution in [3.8, 4) is 0 Å². The van der Waals surface area contributed by atoms with Crippen molar-refractivity contribution in [3.05, 3.63) is 0 Å². The summed E-state index contributed by atoms with van der Waals surface area (Å²) in [6.07, 6.45) is 0.165. The maximum absolute atomic E-state index is 11.0. The van der Waals surface area contributed by atoms with Crippen molar-refractivity contribution in [1.82, 2.24) is 5.32 Å². The Balaban J connectivity index is 4.17. The van der Waals surface area contributed by atoms with Gasteiger partial charge in [0.05, 0.1) is 6.04 Å². The zero-order chi connectivity index (χ0) is 11.4. The summed E-state index contributed by atoms with van der Waals surface area (Å²) < 4.78 is 0. The summed E-state index contributed by atoms with van der Waals surface area (Å²) in [6.45, 7) is 5.68. The number of hydrogen-bond acceptors (Lipinski definition) is 3. The van der Waals surface area contributed by atoms with Crippen LogP contribution in [0.5, 0.6) is 0 Å². The van der Waals surface area contributed by atoms with Crippen molar-refractivity contribution in [3.63, 3.8) is 0 Å². The van der Waals surface area contributed by atoms with Crippen LogP contribution in [0.2, 0.25) is 0 Å². The number of carbonyl (C=O) groups excluding carboxylic acids is 1. The molecule has 0 aromatic heterocycles. The third-order valence-corrected chi connectivity index (χ3v) is 1.60. The first-order chi connectivity index (χ1) is 6.22. The highest BCUT2D eigenvalue weighted by molar-refractivity contribution is 5.80. The Morgan fingerprint density at radius 1 is 1.43 bits per heavy atom. The van der Waals surface area contributed by atoms with Crippen LogP contribution < -0.4 is 11.1 Å². The summed E-state index contributed by atoms with van der Waals surface area (Å²) in [5.41, 5.74) is 4.88. The van der Waals surface area contributed by atoms with Gasteiger partial charge >= 0.3 is 5.97 Å². The Bertz CT molecular complexity index is 221. The van der Waals surface area contributed by atoms with E-state index in [9.17, 15) is 9.59 Å². The molecule has 1 amide bonds. The molecule has 0 radical (unpaired) electrons. The molecule has 82 valence electrons. The van der Waals surface area contributed by atoms with Crippen LogP contribution in [0.25, 0.3) is 0 Å². The summed E-state index contributed by atoms with van der Waals surface area (Å²) in [5, 5.41) is 11.4. The number of primary amides is 1. The van der Waals surface area contributed by atoms with Gasteiger partial charge in [0.2, 0.25) is 5.91 Å². The van der Waals surface area contributed by atoms with Crippen LogP contribution in [-0.4, -0.2) is 28.6 Å². The van der Waals surface area contributed by atoms with Gasteiger partial charge in [-0.1, -0.05) is 0 Å². The average Bonchev–Trinajstić information content (AvgIpc) is 1.94. The second-order valence-corrected chi connectivity index (χ2v) is 4.28. The predicted molar refractivity (Wildman–Crippen MR) is 52.7 cm³/mol. The molecule has 0 aliphatic carbocycles. The largest absolute Gasteiger partial charge is 0.481 e. The normalized spacial score (nSPS) is 13.6. The first-order valence-electron chi connectivity index (χ1n) is 4.51. The van der Waals surface area contributed by atoms with Crippen LogP contribution in [0.15, 0.2) is 0 Å². The van der Waals surface area contributed by atoms with Gasteiger partial charge in [0.15, 0.2) is 0 Å². The number of carboxylic acid groups (broad SMARTS) is 1. The van der Waals surface area contributed by atoms with E-state index in [0.717, 1.165) is 0 Å². The summed E-state index contributed by atoms with van der Waals surface area (Å²) >= 11 is 0. The lowest BCUT2D eigenvalue weighted by molar-refractivity contribution is -0.137. The fraction of sp³-hybridized carbons (Fsp3) is 0.778. The molecule has 14 heavy (non-hydrogen) atoms. The minimum Gasteiger partial charge on any atom is -0.481 e. The van der Waals surface area contributed by atoms with Crippen LogP contribution in [0.3, 0.4) is 0 Å². The number of nitrogens with two attached hydrogens (primary N) is 1. The molecule has 0 saturated carbocycles. The molecule has 0 aliphatic heterocycles. The first-order valence-corrected chi connectivity index (χ1v) is 4.51. The minimum atomic E-state index is -0.924. The van der Waals surface area contributed by atoms with E-state index in [1.807, 2.05) is 20.8 Å². The van der Waals surface area contributed by atoms with Gasteiger partial charge in [-0.15, -0.1) is 0 Å². The van der Waals surface area contributed by atoms with E-state index in [2.05, 4.69) is 5.32 Å². The maximum Gasteiger partial charge on any atom is 0.303 e. The number of hydrogen-bond donors (Lipinski definition) is 3. The number of carbonyl (C=O) groups is 2. The van der Waals surface area contributed by atoms with Gasteiger partial charge in [-0.3, -0.25) is 9.59 Å². The van der Waals surface area contributed by atoms with Crippen molar-refractivity contribution in [1.29, 1.82) is 0 Å². The molecule has 5 nitrogen and oxygen atoms in total. The van der Waals surface area contributed by atoms with E-state index >= 15 is 0 Å². The standard InChI is InChI=1S/C9H18N2O3/c1-9(2,3)11-6(8(10)14)4-5-7(12)13/h6,11H,4-5H2,1-3H3,(H2,10,14)(H,12,13)/t6-/m0/s1. The number of nitrogens with one attached hydrogen (secondary N) is 1. The Kier molecular flexibility index (Phi) is 4.56. The molecule has 0 fully saturated rings. The third kappa shape index (κ3) is 6.42. The maximum atomic E-state index is 11.0. The molecule has 4 N–H and O–H groups in total. The molecule has 1 atom stereocenters. The number of rotatable bonds is 5. The first kappa shape index (κ1) is 12.9. The Labute approximate surface area is 83.7 Å². The molecular formula is C9H18N2O3. The van der Waals surface area contributed by atoms with Gasteiger partial charge in [-0.25, -0.2) is 0 Å². The van der Waals surface area contributed by atoms with E-state index < -0.39 is 17.9 Å². The van der Waals surface area contributed by atoms with Crippen molar-refractivity contribution in [2.45, 2.75) is 45.2 Å². The quantitative estimate of drug-likeness (QED) is 0.589. The topological polar surface area (TPSA) is 92.4 Å².